The first-order valence-corrected chi connectivity index (χ1v) is 10.6. The summed E-state index contributed by atoms with van der Waals surface area (Å²) in [7, 11) is 0. The van der Waals surface area contributed by atoms with Crippen LogP contribution in [-0.4, -0.2) is 41.1 Å². The van der Waals surface area contributed by atoms with Gasteiger partial charge in [-0.3, -0.25) is 14.8 Å². The summed E-state index contributed by atoms with van der Waals surface area (Å²) < 4.78 is 8.96. The Bertz CT molecular complexity index is 1060. The van der Waals surface area contributed by atoms with Crippen molar-refractivity contribution in [3.8, 4) is 5.88 Å². The number of aryl methyl sites for hydroxylation is 1. The summed E-state index contributed by atoms with van der Waals surface area (Å²) in [4.78, 5) is 19.0. The number of fused-ring (bicyclic) bond motifs is 1. The summed E-state index contributed by atoms with van der Waals surface area (Å²) in [5, 5.41) is 21.0. The van der Waals surface area contributed by atoms with Gasteiger partial charge < -0.3 is 4.74 Å². The highest BCUT2D eigenvalue weighted by molar-refractivity contribution is 6.34. The van der Waals surface area contributed by atoms with Gasteiger partial charge in [0.05, 0.1) is 23.0 Å². The fourth-order valence-corrected chi connectivity index (χ4v) is 4.08. The van der Waals surface area contributed by atoms with Crippen LogP contribution in [0.15, 0.2) is 12.4 Å². The van der Waals surface area contributed by atoms with E-state index in [1.54, 1.807) is 9.36 Å². The molecule has 10 nitrogen and oxygen atoms in total. The number of ether oxygens (including phenoxy) is 1. The smallest absolute Gasteiger partial charge is 0.350 e. The molecule has 0 radical (unpaired) electrons. The molecule has 0 bridgehead atoms. The lowest BCUT2D eigenvalue weighted by atomic mass is 9.87. The van der Waals surface area contributed by atoms with Crippen LogP contribution in [0.1, 0.15) is 45.1 Å². The van der Waals surface area contributed by atoms with Gasteiger partial charge in [0.1, 0.15) is 6.20 Å². The average molecular weight is 454 g/mol. The Hall–Kier alpha value is -2.46. The van der Waals surface area contributed by atoms with Crippen molar-refractivity contribution in [2.24, 2.45) is 5.92 Å². The van der Waals surface area contributed by atoms with E-state index in [0.717, 1.165) is 25.7 Å². The minimum Gasteiger partial charge on any atom is -0.472 e. The molecule has 0 spiro atoms. The molecule has 30 heavy (non-hydrogen) atoms. The molecule has 3 heterocycles. The molecule has 0 aliphatic heterocycles. The number of nitrogens with zero attached hydrogens (tertiary/aromatic N) is 7. The molecule has 0 unspecified atom stereocenters. The van der Waals surface area contributed by atoms with E-state index in [-0.39, 0.29) is 29.5 Å². The van der Waals surface area contributed by atoms with Crippen LogP contribution in [0.2, 0.25) is 10.4 Å². The Labute approximate surface area is 182 Å². The van der Waals surface area contributed by atoms with E-state index < -0.39 is 4.92 Å². The lowest BCUT2D eigenvalue weighted by molar-refractivity contribution is -0.386. The number of hydrogen-bond donors (Lipinski definition) is 0. The number of aromatic nitrogens is 6. The standard InChI is InChI=1S/C18H21Cl2N7O3/c1-11-3-5-12(6-4-11)26-10-14(27(28)29)17(24-26)30-8-2-7-25-16-13(15(19)23-25)9-21-18(20)22-16/h9-12H,2-8H2,1H3/t11-,12-. The van der Waals surface area contributed by atoms with Gasteiger partial charge in [-0.05, 0) is 43.2 Å². The first-order valence-electron chi connectivity index (χ1n) is 9.83. The van der Waals surface area contributed by atoms with Gasteiger partial charge in [-0.15, -0.1) is 5.10 Å². The Morgan fingerprint density at radius 1 is 1.27 bits per heavy atom. The Balaban J connectivity index is 1.40. The van der Waals surface area contributed by atoms with Crippen molar-refractivity contribution < 1.29 is 9.66 Å². The van der Waals surface area contributed by atoms with Crippen LogP contribution in [0.25, 0.3) is 11.0 Å². The summed E-state index contributed by atoms with van der Waals surface area (Å²) in [6.07, 6.45) is 7.67. The van der Waals surface area contributed by atoms with Crippen molar-refractivity contribution in [1.29, 1.82) is 0 Å². The molecule has 0 saturated heterocycles. The fourth-order valence-electron chi connectivity index (χ4n) is 3.73. The summed E-state index contributed by atoms with van der Waals surface area (Å²) in [5.74, 6) is 0.738. The number of hydrogen-bond acceptors (Lipinski definition) is 7. The predicted molar refractivity (Wildman–Crippen MR) is 111 cm³/mol. The van der Waals surface area contributed by atoms with E-state index in [1.807, 2.05) is 0 Å². The molecule has 0 aromatic carbocycles. The van der Waals surface area contributed by atoms with Crippen LogP contribution in [0.3, 0.4) is 0 Å². The molecule has 12 heteroatoms. The molecular weight excluding hydrogens is 433 g/mol. The number of nitro groups is 1. The van der Waals surface area contributed by atoms with Gasteiger partial charge in [0, 0.05) is 19.2 Å². The number of halogens is 2. The highest BCUT2D eigenvalue weighted by atomic mass is 35.5. The molecule has 0 N–H and O–H groups in total. The van der Waals surface area contributed by atoms with Gasteiger partial charge in [-0.2, -0.15) is 10.1 Å². The van der Waals surface area contributed by atoms with Gasteiger partial charge in [0.15, 0.2) is 10.8 Å². The maximum Gasteiger partial charge on any atom is 0.350 e. The highest BCUT2D eigenvalue weighted by Gasteiger charge is 2.27. The molecule has 1 saturated carbocycles. The second-order valence-corrected chi connectivity index (χ2v) is 8.26. The second kappa shape index (κ2) is 8.73. The third kappa shape index (κ3) is 4.34. The summed E-state index contributed by atoms with van der Waals surface area (Å²) in [6, 6.07) is 0.180. The van der Waals surface area contributed by atoms with Crippen molar-refractivity contribution in [2.75, 3.05) is 6.61 Å². The largest absolute Gasteiger partial charge is 0.472 e. The minimum absolute atomic E-state index is 0.0485. The quantitative estimate of drug-likeness (QED) is 0.224. The molecule has 1 fully saturated rings. The van der Waals surface area contributed by atoms with E-state index in [0.29, 0.717) is 35.1 Å². The van der Waals surface area contributed by atoms with Gasteiger partial charge >= 0.3 is 11.6 Å². The Morgan fingerprint density at radius 3 is 2.77 bits per heavy atom. The zero-order valence-corrected chi connectivity index (χ0v) is 17.9. The zero-order valence-electron chi connectivity index (χ0n) is 16.4. The SMILES string of the molecule is C[C@H]1CC[C@H](n2cc([N+](=O)[O-])c(OCCCn3nc(Cl)c4cnc(Cl)nc43)n2)CC1. The molecule has 3 aromatic rings. The van der Waals surface area contributed by atoms with E-state index in [9.17, 15) is 10.1 Å². The van der Waals surface area contributed by atoms with Crippen molar-refractivity contribution in [2.45, 2.75) is 51.6 Å². The minimum atomic E-state index is -0.454. The molecule has 0 amide bonds. The number of rotatable bonds is 7. The van der Waals surface area contributed by atoms with Crippen molar-refractivity contribution in [1.82, 2.24) is 29.5 Å². The average Bonchev–Trinajstić information content (AvgIpc) is 3.27. The van der Waals surface area contributed by atoms with Crippen LogP contribution >= 0.6 is 23.2 Å². The van der Waals surface area contributed by atoms with E-state index in [4.69, 9.17) is 27.9 Å². The normalized spacial score (nSPS) is 19.3. The maximum absolute atomic E-state index is 11.4. The molecule has 1 aliphatic carbocycles. The van der Waals surface area contributed by atoms with Crippen LogP contribution in [0.4, 0.5) is 5.69 Å². The summed E-state index contributed by atoms with van der Waals surface area (Å²) in [6.45, 7) is 2.91. The molecule has 1 aliphatic rings. The molecule has 0 atom stereocenters. The van der Waals surface area contributed by atoms with E-state index >= 15 is 0 Å². The second-order valence-electron chi connectivity index (χ2n) is 7.56. The van der Waals surface area contributed by atoms with Gasteiger partial charge in [-0.1, -0.05) is 18.5 Å². The molecule has 4 rings (SSSR count). The lowest BCUT2D eigenvalue weighted by Gasteiger charge is -2.25. The molecular formula is C18H21Cl2N7O3. The zero-order chi connectivity index (χ0) is 21.3. The van der Waals surface area contributed by atoms with E-state index in [2.05, 4.69) is 27.1 Å². The van der Waals surface area contributed by atoms with Crippen LogP contribution < -0.4 is 4.74 Å². The third-order valence-corrected chi connectivity index (χ3v) is 5.86. The summed E-state index contributed by atoms with van der Waals surface area (Å²) in [5.41, 5.74) is 0.419. The van der Waals surface area contributed by atoms with Crippen LogP contribution in [0, 0.1) is 16.0 Å². The Morgan fingerprint density at radius 2 is 2.03 bits per heavy atom. The Kier molecular flexibility index (Phi) is 6.05. The lowest BCUT2D eigenvalue weighted by Crippen LogP contribution is -2.17. The van der Waals surface area contributed by atoms with Crippen LogP contribution in [0.5, 0.6) is 5.88 Å². The van der Waals surface area contributed by atoms with Crippen molar-refractivity contribution in [3.05, 3.63) is 32.9 Å². The third-order valence-electron chi connectivity index (χ3n) is 5.40. The predicted octanol–water partition coefficient (Wildman–Crippen LogP) is 4.46. The molecule has 160 valence electrons. The van der Waals surface area contributed by atoms with Crippen molar-refractivity contribution >= 4 is 39.9 Å². The monoisotopic (exact) mass is 453 g/mol. The van der Waals surface area contributed by atoms with Gasteiger partial charge in [0.2, 0.25) is 5.28 Å². The molecule has 3 aromatic heterocycles. The maximum atomic E-state index is 11.4. The van der Waals surface area contributed by atoms with E-state index in [1.165, 1.54) is 12.4 Å². The summed E-state index contributed by atoms with van der Waals surface area (Å²) >= 11 is 12.0. The van der Waals surface area contributed by atoms with Gasteiger partial charge in [0.25, 0.3) is 0 Å². The topological polar surface area (TPSA) is 114 Å². The fraction of sp³-hybridized carbons (Fsp3) is 0.556. The highest BCUT2D eigenvalue weighted by Crippen LogP contribution is 2.34. The van der Waals surface area contributed by atoms with Crippen LogP contribution in [-0.2, 0) is 6.54 Å². The van der Waals surface area contributed by atoms with Gasteiger partial charge in [-0.25, -0.2) is 9.67 Å². The first kappa shape index (κ1) is 20.8. The van der Waals surface area contributed by atoms with Crippen molar-refractivity contribution in [3.63, 3.8) is 0 Å². The first-order chi connectivity index (χ1) is 14.4.